The second-order valence-corrected chi connectivity index (χ2v) is 6.79. The number of ether oxygens (including phenoxy) is 2. The summed E-state index contributed by atoms with van der Waals surface area (Å²) in [6.45, 7) is -0.831. The molecule has 1 aliphatic rings. The number of alkyl halides is 6. The number of aliphatic hydroxyl groups excluding tert-OH is 4. The smallest absolute Gasteiger partial charge is 0.433 e. The summed E-state index contributed by atoms with van der Waals surface area (Å²) in [6.07, 6.45) is -18.1. The van der Waals surface area contributed by atoms with E-state index >= 15 is 0 Å². The Morgan fingerprint density at radius 3 is 2.22 bits per heavy atom. The van der Waals surface area contributed by atoms with Crippen LogP contribution in [0.25, 0.3) is 11.4 Å². The highest BCUT2D eigenvalue weighted by Crippen LogP contribution is 2.40. The second-order valence-electron chi connectivity index (χ2n) is 6.79. The Labute approximate surface area is 175 Å². The normalized spacial score (nSPS) is 26.8. The molecule has 0 amide bonds. The van der Waals surface area contributed by atoms with E-state index in [4.69, 9.17) is 14.6 Å². The lowest BCUT2D eigenvalue weighted by Crippen LogP contribution is -2.60. The molecule has 1 aromatic heterocycles. The molecule has 3 rings (SSSR count). The number of hydrogen-bond donors (Lipinski definition) is 4. The van der Waals surface area contributed by atoms with Gasteiger partial charge in [0.15, 0.2) is 5.82 Å². The Morgan fingerprint density at radius 2 is 1.62 bits per heavy atom. The van der Waals surface area contributed by atoms with Crippen LogP contribution in [0, 0.1) is 0 Å². The van der Waals surface area contributed by atoms with Crippen LogP contribution in [0.4, 0.5) is 26.3 Å². The van der Waals surface area contributed by atoms with Gasteiger partial charge in [-0.1, -0.05) is 0 Å². The molecule has 0 saturated carbocycles. The Morgan fingerprint density at radius 1 is 0.938 bits per heavy atom. The second kappa shape index (κ2) is 8.78. The summed E-state index contributed by atoms with van der Waals surface area (Å²) in [4.78, 5) is 6.81. The fraction of sp³-hybridized carbons (Fsp3) is 0.444. The third kappa shape index (κ3) is 4.94. The Kier molecular flexibility index (Phi) is 6.62. The monoisotopic (exact) mass is 470 g/mol. The summed E-state index contributed by atoms with van der Waals surface area (Å²) < 4.78 is 89.5. The van der Waals surface area contributed by atoms with Crippen molar-refractivity contribution in [2.24, 2.45) is 0 Å². The SMILES string of the molecule is OC[C@H]1O[C@H](Oc2ccc(-c3nccc(C(F)(F)F)n3)cc2C(F)(F)F)[C@@H](O)[C@@H](O)[C@@H]1O. The van der Waals surface area contributed by atoms with E-state index in [1.54, 1.807) is 0 Å². The van der Waals surface area contributed by atoms with Gasteiger partial charge in [-0.15, -0.1) is 0 Å². The van der Waals surface area contributed by atoms with Gasteiger partial charge >= 0.3 is 12.4 Å². The number of hydrogen-bond acceptors (Lipinski definition) is 8. The van der Waals surface area contributed by atoms with Crippen molar-refractivity contribution in [3.05, 3.63) is 41.7 Å². The van der Waals surface area contributed by atoms with Gasteiger partial charge in [-0.2, -0.15) is 26.3 Å². The number of aromatic nitrogens is 2. The van der Waals surface area contributed by atoms with Crippen LogP contribution < -0.4 is 4.74 Å². The van der Waals surface area contributed by atoms with Crippen LogP contribution in [0.2, 0.25) is 0 Å². The summed E-state index contributed by atoms with van der Waals surface area (Å²) in [5.74, 6) is -1.51. The minimum absolute atomic E-state index is 0.399. The van der Waals surface area contributed by atoms with Crippen molar-refractivity contribution in [1.29, 1.82) is 0 Å². The van der Waals surface area contributed by atoms with Crippen molar-refractivity contribution in [2.75, 3.05) is 6.61 Å². The molecule has 1 fully saturated rings. The van der Waals surface area contributed by atoms with E-state index in [2.05, 4.69) is 9.97 Å². The molecular formula is C18H16F6N2O6. The topological polar surface area (TPSA) is 125 Å². The predicted molar refractivity (Wildman–Crippen MR) is 91.9 cm³/mol. The Bertz CT molecular complexity index is 954. The van der Waals surface area contributed by atoms with E-state index in [9.17, 15) is 41.7 Å². The van der Waals surface area contributed by atoms with E-state index in [-0.39, 0.29) is 0 Å². The first kappa shape index (κ1) is 24.1. The molecule has 0 aliphatic carbocycles. The minimum atomic E-state index is -5.05. The van der Waals surface area contributed by atoms with Crippen LogP contribution in [0.1, 0.15) is 11.3 Å². The van der Waals surface area contributed by atoms with Crippen LogP contribution in [0.5, 0.6) is 5.75 Å². The first-order chi connectivity index (χ1) is 14.8. The highest BCUT2D eigenvalue weighted by Gasteiger charge is 2.46. The molecule has 0 bridgehead atoms. The van der Waals surface area contributed by atoms with Crippen molar-refractivity contribution in [3.63, 3.8) is 0 Å². The van der Waals surface area contributed by atoms with E-state index in [1.807, 2.05) is 0 Å². The first-order valence-corrected chi connectivity index (χ1v) is 8.92. The van der Waals surface area contributed by atoms with Gasteiger partial charge in [0.05, 0.1) is 12.2 Å². The van der Waals surface area contributed by atoms with Crippen molar-refractivity contribution < 1.29 is 56.2 Å². The third-order valence-corrected chi connectivity index (χ3v) is 4.58. The maximum absolute atomic E-state index is 13.6. The number of rotatable bonds is 4. The van der Waals surface area contributed by atoms with Gasteiger partial charge in [0.2, 0.25) is 6.29 Å². The van der Waals surface area contributed by atoms with Gasteiger partial charge in [0.1, 0.15) is 35.9 Å². The highest BCUT2D eigenvalue weighted by atomic mass is 19.4. The van der Waals surface area contributed by atoms with Crippen molar-refractivity contribution in [2.45, 2.75) is 43.1 Å². The largest absolute Gasteiger partial charge is 0.461 e. The zero-order valence-corrected chi connectivity index (χ0v) is 15.7. The zero-order valence-electron chi connectivity index (χ0n) is 15.7. The molecule has 4 N–H and O–H groups in total. The summed E-state index contributed by atoms with van der Waals surface area (Å²) in [6, 6.07) is 2.73. The molecule has 0 unspecified atom stereocenters. The number of benzene rings is 1. The summed E-state index contributed by atoms with van der Waals surface area (Å²) in [5, 5.41) is 38.6. The summed E-state index contributed by atoms with van der Waals surface area (Å²) in [5.41, 5.74) is -3.20. The summed E-state index contributed by atoms with van der Waals surface area (Å²) in [7, 11) is 0. The van der Waals surface area contributed by atoms with Crippen LogP contribution in [-0.4, -0.2) is 67.7 Å². The quantitative estimate of drug-likeness (QED) is 0.494. The molecule has 8 nitrogen and oxygen atoms in total. The van der Waals surface area contributed by atoms with E-state index in [0.29, 0.717) is 12.1 Å². The minimum Gasteiger partial charge on any atom is -0.461 e. The molecule has 1 aromatic carbocycles. The molecule has 2 aromatic rings. The van der Waals surface area contributed by atoms with Crippen molar-refractivity contribution >= 4 is 0 Å². The molecular weight excluding hydrogens is 454 g/mol. The van der Waals surface area contributed by atoms with Gasteiger partial charge in [-0.3, -0.25) is 0 Å². The lowest BCUT2D eigenvalue weighted by Gasteiger charge is -2.39. The maximum Gasteiger partial charge on any atom is 0.433 e. The van der Waals surface area contributed by atoms with Gasteiger partial charge < -0.3 is 29.9 Å². The van der Waals surface area contributed by atoms with Crippen molar-refractivity contribution in [1.82, 2.24) is 9.97 Å². The first-order valence-electron chi connectivity index (χ1n) is 8.92. The molecule has 1 saturated heterocycles. The molecule has 176 valence electrons. The van der Waals surface area contributed by atoms with E-state index in [0.717, 1.165) is 18.3 Å². The third-order valence-electron chi connectivity index (χ3n) is 4.58. The van der Waals surface area contributed by atoms with Crippen LogP contribution in [0.3, 0.4) is 0 Å². The average Bonchev–Trinajstić information content (AvgIpc) is 2.73. The zero-order chi connectivity index (χ0) is 23.8. The summed E-state index contributed by atoms with van der Waals surface area (Å²) >= 11 is 0. The lowest BCUT2D eigenvalue weighted by molar-refractivity contribution is -0.278. The average molecular weight is 470 g/mol. The molecule has 14 heteroatoms. The lowest BCUT2D eigenvalue weighted by atomic mass is 9.99. The van der Waals surface area contributed by atoms with Gasteiger partial charge in [0.25, 0.3) is 0 Å². The Balaban J connectivity index is 1.97. The van der Waals surface area contributed by atoms with Crippen LogP contribution >= 0.6 is 0 Å². The fourth-order valence-corrected chi connectivity index (χ4v) is 2.94. The predicted octanol–water partition coefficient (Wildman–Crippen LogP) is 1.36. The fourth-order valence-electron chi connectivity index (χ4n) is 2.94. The van der Waals surface area contributed by atoms with Gasteiger partial charge in [-0.05, 0) is 24.3 Å². The van der Waals surface area contributed by atoms with E-state index in [1.165, 1.54) is 0 Å². The standard InChI is InChI=1S/C18H16F6N2O6/c19-17(20,21)8-5-7(15-25-4-3-11(26-15)18(22,23)24)1-2-9(8)31-16-14(30)13(29)12(28)10(6-27)32-16/h1-5,10,12-14,16,27-30H,6H2/t10-,12-,13+,14+,16+/m1/s1. The molecule has 0 radical (unpaired) electrons. The molecule has 2 heterocycles. The van der Waals surface area contributed by atoms with Crippen LogP contribution in [-0.2, 0) is 17.1 Å². The number of nitrogens with zero attached hydrogens (tertiary/aromatic N) is 2. The molecule has 5 atom stereocenters. The molecule has 32 heavy (non-hydrogen) atoms. The molecule has 1 aliphatic heterocycles. The molecule has 0 spiro atoms. The Hall–Kier alpha value is -2.52. The van der Waals surface area contributed by atoms with Gasteiger partial charge in [-0.25, -0.2) is 9.97 Å². The van der Waals surface area contributed by atoms with Crippen molar-refractivity contribution in [3.8, 4) is 17.1 Å². The van der Waals surface area contributed by atoms with Gasteiger partial charge in [0, 0.05) is 11.8 Å². The number of halogens is 6. The number of aliphatic hydroxyl groups is 4. The van der Waals surface area contributed by atoms with E-state index < -0.39 is 78.1 Å². The highest BCUT2D eigenvalue weighted by molar-refractivity contribution is 5.59. The maximum atomic E-state index is 13.6. The van der Waals surface area contributed by atoms with Crippen LogP contribution in [0.15, 0.2) is 30.5 Å².